The Labute approximate surface area is 121 Å². The van der Waals surface area contributed by atoms with Crippen molar-refractivity contribution in [2.75, 3.05) is 5.32 Å². The molecule has 1 heterocycles. The molecule has 0 aromatic heterocycles. The van der Waals surface area contributed by atoms with E-state index in [2.05, 4.69) is 5.32 Å². The molecule has 100 valence electrons. The van der Waals surface area contributed by atoms with Crippen LogP contribution in [0.3, 0.4) is 0 Å². The Hall–Kier alpha value is -2.40. The number of thiocarbonyl (C=S) groups is 1. The van der Waals surface area contributed by atoms with Crippen LogP contribution in [0.1, 0.15) is 15.9 Å². The fourth-order valence-corrected chi connectivity index (χ4v) is 2.39. The van der Waals surface area contributed by atoms with Crippen LogP contribution in [0.2, 0.25) is 0 Å². The van der Waals surface area contributed by atoms with Gasteiger partial charge < -0.3 is 10.4 Å². The van der Waals surface area contributed by atoms with Crippen molar-refractivity contribution in [1.82, 2.24) is 4.90 Å². The third-order valence-electron chi connectivity index (χ3n) is 3.19. The van der Waals surface area contributed by atoms with E-state index in [0.29, 0.717) is 17.2 Å². The summed E-state index contributed by atoms with van der Waals surface area (Å²) in [6.45, 7) is 0.446. The predicted molar refractivity (Wildman–Crippen MR) is 80.6 cm³/mol. The van der Waals surface area contributed by atoms with Crippen molar-refractivity contribution in [3.05, 3.63) is 59.7 Å². The molecule has 0 aliphatic carbocycles. The van der Waals surface area contributed by atoms with Crippen molar-refractivity contribution >= 4 is 28.9 Å². The Morgan fingerprint density at radius 1 is 1.15 bits per heavy atom. The second-order valence-electron chi connectivity index (χ2n) is 4.53. The number of carbonyl (C=O) groups is 1. The van der Waals surface area contributed by atoms with Crippen LogP contribution in [0.25, 0.3) is 0 Å². The molecule has 1 aliphatic heterocycles. The molecule has 5 heteroatoms. The summed E-state index contributed by atoms with van der Waals surface area (Å²) in [5.74, 6) is -0.0526. The summed E-state index contributed by atoms with van der Waals surface area (Å²) in [6, 6.07) is 13.9. The first-order valence-corrected chi connectivity index (χ1v) is 6.56. The number of phenols is 1. The van der Waals surface area contributed by atoms with E-state index >= 15 is 0 Å². The lowest BCUT2D eigenvalue weighted by Gasteiger charge is -2.30. The summed E-state index contributed by atoms with van der Waals surface area (Å²) in [6.07, 6.45) is 0. The van der Waals surface area contributed by atoms with Crippen LogP contribution in [0.4, 0.5) is 5.69 Å². The molecule has 2 aromatic rings. The molecule has 3 rings (SSSR count). The van der Waals surface area contributed by atoms with Gasteiger partial charge in [0, 0.05) is 11.3 Å². The van der Waals surface area contributed by atoms with E-state index in [-0.39, 0.29) is 11.7 Å². The lowest BCUT2D eigenvalue weighted by Crippen LogP contribution is -2.42. The third-order valence-corrected chi connectivity index (χ3v) is 3.51. The molecule has 4 nitrogen and oxygen atoms in total. The van der Waals surface area contributed by atoms with Gasteiger partial charge in [0.25, 0.3) is 5.91 Å². The number of fused-ring (bicyclic) bond motifs is 1. The van der Waals surface area contributed by atoms with E-state index in [4.69, 9.17) is 12.2 Å². The number of amides is 1. The number of hydrogen-bond donors (Lipinski definition) is 2. The predicted octanol–water partition coefficient (Wildman–Crippen LogP) is 2.75. The van der Waals surface area contributed by atoms with E-state index in [1.54, 1.807) is 12.1 Å². The van der Waals surface area contributed by atoms with Gasteiger partial charge in [-0.3, -0.25) is 9.69 Å². The summed E-state index contributed by atoms with van der Waals surface area (Å²) in [7, 11) is 0. The number of para-hydroxylation sites is 1. The van der Waals surface area contributed by atoms with Crippen LogP contribution in [-0.2, 0) is 6.54 Å². The highest BCUT2D eigenvalue weighted by atomic mass is 32.1. The van der Waals surface area contributed by atoms with Gasteiger partial charge in [0.15, 0.2) is 5.11 Å². The third kappa shape index (κ3) is 2.23. The Balaban J connectivity index is 1.89. The minimum absolute atomic E-state index is 0.131. The van der Waals surface area contributed by atoms with E-state index in [1.165, 1.54) is 17.0 Å². The number of carbonyl (C=O) groups excluding carboxylic acids is 1. The standard InChI is InChI=1S/C15H12N2O2S/c18-12-7-5-10(6-8-12)14(19)17-9-11-3-1-2-4-13(11)16-15(17)20/h1-8,18H,9H2,(H,16,20). The molecule has 2 N–H and O–H groups in total. The van der Waals surface area contributed by atoms with Gasteiger partial charge in [-0.15, -0.1) is 0 Å². The van der Waals surface area contributed by atoms with Gasteiger partial charge in [0.05, 0.1) is 6.54 Å². The first-order chi connectivity index (χ1) is 9.65. The fraction of sp³-hybridized carbons (Fsp3) is 0.0667. The monoisotopic (exact) mass is 284 g/mol. The van der Waals surface area contributed by atoms with Crippen LogP contribution in [-0.4, -0.2) is 21.0 Å². The lowest BCUT2D eigenvalue weighted by molar-refractivity contribution is 0.0841. The molecule has 2 aromatic carbocycles. The molecule has 0 fully saturated rings. The zero-order chi connectivity index (χ0) is 14.1. The van der Waals surface area contributed by atoms with Gasteiger partial charge in [0.2, 0.25) is 0 Å². The Morgan fingerprint density at radius 2 is 1.85 bits per heavy atom. The number of anilines is 1. The molecule has 20 heavy (non-hydrogen) atoms. The zero-order valence-corrected chi connectivity index (χ0v) is 11.4. The largest absolute Gasteiger partial charge is 0.508 e. The number of hydrogen-bond acceptors (Lipinski definition) is 3. The van der Waals surface area contributed by atoms with Crippen molar-refractivity contribution < 1.29 is 9.90 Å². The van der Waals surface area contributed by atoms with E-state index in [9.17, 15) is 9.90 Å². The lowest BCUT2D eigenvalue weighted by atomic mass is 10.1. The summed E-state index contributed by atoms with van der Waals surface area (Å²) in [5.41, 5.74) is 2.45. The average molecular weight is 284 g/mol. The summed E-state index contributed by atoms with van der Waals surface area (Å²) >= 11 is 5.25. The number of aromatic hydroxyl groups is 1. The van der Waals surface area contributed by atoms with E-state index in [0.717, 1.165) is 11.3 Å². The molecule has 0 atom stereocenters. The van der Waals surface area contributed by atoms with E-state index in [1.807, 2.05) is 24.3 Å². The van der Waals surface area contributed by atoms with Crippen molar-refractivity contribution in [3.8, 4) is 5.75 Å². The number of nitrogens with one attached hydrogen (secondary N) is 1. The topological polar surface area (TPSA) is 52.6 Å². The first-order valence-electron chi connectivity index (χ1n) is 6.15. The van der Waals surface area contributed by atoms with Crippen molar-refractivity contribution in [1.29, 1.82) is 0 Å². The van der Waals surface area contributed by atoms with Gasteiger partial charge in [-0.25, -0.2) is 0 Å². The Bertz CT molecular complexity index is 683. The Kier molecular flexibility index (Phi) is 3.12. The van der Waals surface area contributed by atoms with Crippen LogP contribution >= 0.6 is 12.2 Å². The number of benzene rings is 2. The van der Waals surface area contributed by atoms with Gasteiger partial charge in [-0.1, -0.05) is 18.2 Å². The maximum atomic E-state index is 12.4. The first kappa shape index (κ1) is 12.6. The number of phenolic OH excluding ortho intramolecular Hbond substituents is 1. The highest BCUT2D eigenvalue weighted by Gasteiger charge is 2.25. The second kappa shape index (κ2) is 4.94. The molecule has 0 saturated heterocycles. The summed E-state index contributed by atoms with van der Waals surface area (Å²) in [5, 5.41) is 12.7. The fourth-order valence-electron chi connectivity index (χ4n) is 2.13. The quantitative estimate of drug-likeness (QED) is 0.791. The van der Waals surface area contributed by atoms with Gasteiger partial charge >= 0.3 is 0 Å². The summed E-state index contributed by atoms with van der Waals surface area (Å²) < 4.78 is 0. The van der Waals surface area contributed by atoms with Crippen LogP contribution in [0.15, 0.2) is 48.5 Å². The second-order valence-corrected chi connectivity index (χ2v) is 4.91. The molecular weight excluding hydrogens is 272 g/mol. The van der Waals surface area contributed by atoms with Crippen LogP contribution < -0.4 is 5.32 Å². The molecule has 1 amide bonds. The Morgan fingerprint density at radius 3 is 2.60 bits per heavy atom. The van der Waals surface area contributed by atoms with Crippen molar-refractivity contribution in [2.24, 2.45) is 0 Å². The molecular formula is C15H12N2O2S. The summed E-state index contributed by atoms with van der Waals surface area (Å²) in [4.78, 5) is 14.0. The van der Waals surface area contributed by atoms with Crippen LogP contribution in [0, 0.1) is 0 Å². The zero-order valence-electron chi connectivity index (χ0n) is 10.5. The molecule has 1 aliphatic rings. The molecule has 0 radical (unpaired) electrons. The number of rotatable bonds is 1. The molecule has 0 spiro atoms. The van der Waals surface area contributed by atoms with Crippen molar-refractivity contribution in [2.45, 2.75) is 6.54 Å². The minimum Gasteiger partial charge on any atom is -0.508 e. The molecule has 0 bridgehead atoms. The highest BCUT2D eigenvalue weighted by molar-refractivity contribution is 7.80. The average Bonchev–Trinajstić information content (AvgIpc) is 2.46. The van der Waals surface area contributed by atoms with Crippen molar-refractivity contribution in [3.63, 3.8) is 0 Å². The SMILES string of the molecule is O=C(c1ccc(O)cc1)N1Cc2ccccc2NC1=S. The van der Waals surface area contributed by atoms with Gasteiger partial charge in [-0.2, -0.15) is 0 Å². The number of nitrogens with zero attached hydrogens (tertiary/aromatic N) is 1. The maximum Gasteiger partial charge on any atom is 0.260 e. The smallest absolute Gasteiger partial charge is 0.260 e. The van der Waals surface area contributed by atoms with Gasteiger partial charge in [-0.05, 0) is 48.1 Å². The normalized spacial score (nSPS) is 13.6. The maximum absolute atomic E-state index is 12.4. The molecule has 0 unspecified atom stereocenters. The molecule has 0 saturated carbocycles. The van der Waals surface area contributed by atoms with Crippen LogP contribution in [0.5, 0.6) is 5.75 Å². The minimum atomic E-state index is -0.183. The highest BCUT2D eigenvalue weighted by Crippen LogP contribution is 2.24. The van der Waals surface area contributed by atoms with E-state index < -0.39 is 0 Å². The van der Waals surface area contributed by atoms with Gasteiger partial charge in [0.1, 0.15) is 5.75 Å².